The summed E-state index contributed by atoms with van der Waals surface area (Å²) in [7, 11) is -8.60. The number of rotatable bonds is 6. The summed E-state index contributed by atoms with van der Waals surface area (Å²) in [4.78, 5) is 12.8. The van der Waals surface area contributed by atoms with Gasteiger partial charge in [-0.15, -0.1) is 10.2 Å². The van der Waals surface area contributed by atoms with Gasteiger partial charge >= 0.3 is 5.76 Å². The lowest BCUT2D eigenvalue weighted by molar-refractivity contribution is -0.360. The fraction of sp³-hybridized carbons (Fsp3) is 0.125. The SMILES string of the molecule is NS(=O)(=O)c1c(S(=O)(=O)CC[NH3+])ccc(-c2ccc3[nH]c(=O)oc3c2)c1-c1nn[nH]n1. The second kappa shape index (κ2) is 7.38. The first-order chi connectivity index (χ1) is 14.6. The Balaban J connectivity index is 2.12. The molecule has 0 spiro atoms. The van der Waals surface area contributed by atoms with Crippen LogP contribution in [0.15, 0.2) is 49.3 Å². The van der Waals surface area contributed by atoms with E-state index in [0.29, 0.717) is 11.1 Å². The Bertz CT molecular complexity index is 1550. The predicted octanol–water partition coefficient (Wildman–Crippen LogP) is -1.37. The molecule has 0 fully saturated rings. The van der Waals surface area contributed by atoms with E-state index >= 15 is 0 Å². The Morgan fingerprint density at radius 2 is 1.90 bits per heavy atom. The summed E-state index contributed by atoms with van der Waals surface area (Å²) >= 11 is 0. The van der Waals surface area contributed by atoms with Crippen LogP contribution < -0.4 is 16.6 Å². The van der Waals surface area contributed by atoms with Crippen molar-refractivity contribution in [2.45, 2.75) is 9.79 Å². The lowest BCUT2D eigenvalue weighted by Gasteiger charge is -2.15. The summed E-state index contributed by atoms with van der Waals surface area (Å²) in [5, 5.41) is 18.7. The van der Waals surface area contributed by atoms with Crippen LogP contribution in [0, 0.1) is 0 Å². The summed E-state index contributed by atoms with van der Waals surface area (Å²) in [6.07, 6.45) is 0. The van der Waals surface area contributed by atoms with E-state index in [4.69, 9.17) is 9.56 Å². The first-order valence-electron chi connectivity index (χ1n) is 8.70. The normalized spacial score (nSPS) is 12.5. The number of sulfone groups is 1. The lowest BCUT2D eigenvalue weighted by Crippen LogP contribution is -2.53. The highest BCUT2D eigenvalue weighted by atomic mass is 32.2. The Hall–Kier alpha value is -3.40. The van der Waals surface area contributed by atoms with E-state index in [2.05, 4.69) is 31.3 Å². The van der Waals surface area contributed by atoms with Crippen molar-refractivity contribution in [2.24, 2.45) is 5.14 Å². The Morgan fingerprint density at radius 1 is 1.13 bits per heavy atom. The van der Waals surface area contributed by atoms with Crippen molar-refractivity contribution in [3.63, 3.8) is 0 Å². The van der Waals surface area contributed by atoms with Gasteiger partial charge in [-0.05, 0) is 34.5 Å². The highest BCUT2D eigenvalue weighted by Gasteiger charge is 2.32. The number of H-pyrrole nitrogens is 2. The topological polar surface area (TPSA) is 222 Å². The van der Waals surface area contributed by atoms with E-state index in [0.717, 1.165) is 6.07 Å². The second-order valence-corrected chi connectivity index (χ2v) is 10.1. The maximum Gasteiger partial charge on any atom is 0.417 e. The van der Waals surface area contributed by atoms with Gasteiger partial charge in [0.15, 0.2) is 15.4 Å². The third-order valence-corrected chi connectivity index (χ3v) is 7.41. The van der Waals surface area contributed by atoms with E-state index < -0.39 is 35.4 Å². The van der Waals surface area contributed by atoms with E-state index in [1.165, 1.54) is 12.1 Å². The number of aromatic amines is 2. The molecular formula is C16H16N7O6S2+. The van der Waals surface area contributed by atoms with Crippen LogP contribution in [0.3, 0.4) is 0 Å². The van der Waals surface area contributed by atoms with E-state index in [1.54, 1.807) is 12.1 Å². The van der Waals surface area contributed by atoms with Gasteiger partial charge in [0, 0.05) is 0 Å². The van der Waals surface area contributed by atoms with Crippen LogP contribution in [-0.4, -0.2) is 54.7 Å². The quantitative estimate of drug-likeness (QED) is 0.263. The number of nitrogens with zero attached hydrogens (tertiary/aromatic N) is 3. The minimum atomic E-state index is -4.56. The van der Waals surface area contributed by atoms with Crippen molar-refractivity contribution in [3.8, 4) is 22.5 Å². The number of primary sulfonamides is 1. The van der Waals surface area contributed by atoms with Gasteiger partial charge in [-0.3, -0.25) is 4.98 Å². The molecule has 0 aliphatic rings. The van der Waals surface area contributed by atoms with Crippen molar-refractivity contribution >= 4 is 31.0 Å². The monoisotopic (exact) mass is 466 g/mol. The molecule has 2 aromatic heterocycles. The fourth-order valence-electron chi connectivity index (χ4n) is 3.23. The molecule has 13 nitrogen and oxygen atoms in total. The van der Waals surface area contributed by atoms with Gasteiger partial charge in [0.2, 0.25) is 15.8 Å². The van der Waals surface area contributed by atoms with E-state index in [1.807, 2.05) is 0 Å². The summed E-state index contributed by atoms with van der Waals surface area (Å²) in [5.74, 6) is -1.23. The number of quaternary nitrogens is 1. The lowest BCUT2D eigenvalue weighted by atomic mass is 9.99. The van der Waals surface area contributed by atoms with Crippen molar-refractivity contribution in [1.29, 1.82) is 0 Å². The van der Waals surface area contributed by atoms with Crippen LogP contribution in [0.25, 0.3) is 33.6 Å². The maximum absolute atomic E-state index is 12.8. The van der Waals surface area contributed by atoms with Crippen LogP contribution in [-0.2, 0) is 19.9 Å². The number of tetrazole rings is 1. The fourth-order valence-corrected chi connectivity index (χ4v) is 6.06. The largest absolute Gasteiger partial charge is 0.417 e. The molecule has 7 N–H and O–H groups in total. The first-order valence-corrected chi connectivity index (χ1v) is 11.9. The molecule has 0 saturated carbocycles. The minimum absolute atomic E-state index is 0.0227. The molecule has 31 heavy (non-hydrogen) atoms. The molecule has 162 valence electrons. The van der Waals surface area contributed by atoms with Crippen LogP contribution in [0.2, 0.25) is 0 Å². The van der Waals surface area contributed by atoms with Crippen molar-refractivity contribution in [3.05, 3.63) is 40.9 Å². The molecule has 0 saturated heterocycles. The second-order valence-electron chi connectivity index (χ2n) is 6.49. The van der Waals surface area contributed by atoms with Gasteiger partial charge in [-0.2, -0.15) is 5.21 Å². The average Bonchev–Trinajstić information content (AvgIpc) is 3.34. The van der Waals surface area contributed by atoms with Gasteiger partial charge in [0.1, 0.15) is 10.6 Å². The molecule has 2 heterocycles. The molecule has 0 atom stereocenters. The van der Waals surface area contributed by atoms with E-state index in [9.17, 15) is 21.6 Å². The van der Waals surface area contributed by atoms with E-state index in [-0.39, 0.29) is 34.8 Å². The minimum Gasteiger partial charge on any atom is -0.408 e. The Labute approximate surface area is 174 Å². The summed E-state index contributed by atoms with van der Waals surface area (Å²) in [6.45, 7) is 0.0227. The Morgan fingerprint density at radius 3 is 2.55 bits per heavy atom. The van der Waals surface area contributed by atoms with Gasteiger partial charge in [-0.1, -0.05) is 12.1 Å². The average molecular weight is 466 g/mol. The molecule has 0 bridgehead atoms. The molecule has 0 aliphatic heterocycles. The van der Waals surface area contributed by atoms with Crippen LogP contribution >= 0.6 is 0 Å². The standard InChI is InChI=1S/C16H15N7O6S2/c17-5-6-30(25,26)12-4-2-9(8-1-3-10-11(7-8)29-16(24)19-10)13(14(12)31(18,27)28)15-20-22-23-21-15/h1-4,7H,5-6,17H2,(H,19,24)(H2,18,27,28)(H,20,21,22,23)/p+1. The number of sulfonamides is 1. The smallest absolute Gasteiger partial charge is 0.408 e. The van der Waals surface area contributed by atoms with Crippen molar-refractivity contribution in [2.75, 3.05) is 12.3 Å². The number of hydrogen-bond donors (Lipinski definition) is 4. The molecule has 15 heteroatoms. The Kier molecular flexibility index (Phi) is 4.97. The molecule has 0 amide bonds. The molecule has 4 rings (SSSR count). The molecule has 4 aromatic rings. The molecular weight excluding hydrogens is 450 g/mol. The third kappa shape index (κ3) is 3.74. The molecule has 0 radical (unpaired) electrons. The third-order valence-electron chi connectivity index (χ3n) is 4.46. The highest BCUT2D eigenvalue weighted by Crippen LogP contribution is 2.39. The zero-order chi connectivity index (χ0) is 22.4. The summed E-state index contributed by atoms with van der Waals surface area (Å²) < 4.78 is 55.7. The van der Waals surface area contributed by atoms with Crippen LogP contribution in [0.4, 0.5) is 0 Å². The summed E-state index contributed by atoms with van der Waals surface area (Å²) in [6, 6.07) is 7.19. The highest BCUT2D eigenvalue weighted by molar-refractivity contribution is 7.93. The number of benzene rings is 2. The van der Waals surface area contributed by atoms with Crippen LogP contribution in [0.5, 0.6) is 0 Å². The summed E-state index contributed by atoms with van der Waals surface area (Å²) in [5.41, 5.74) is 4.65. The van der Waals surface area contributed by atoms with Gasteiger partial charge in [0.25, 0.3) is 0 Å². The van der Waals surface area contributed by atoms with Crippen molar-refractivity contribution < 1.29 is 27.0 Å². The number of fused-ring (bicyclic) bond motifs is 1. The van der Waals surface area contributed by atoms with Crippen molar-refractivity contribution in [1.82, 2.24) is 25.6 Å². The van der Waals surface area contributed by atoms with Crippen LogP contribution in [0.1, 0.15) is 0 Å². The zero-order valence-electron chi connectivity index (χ0n) is 15.7. The number of hydrogen-bond acceptors (Lipinski definition) is 9. The number of nitrogens with one attached hydrogen (secondary N) is 2. The molecule has 0 unspecified atom stereocenters. The zero-order valence-corrected chi connectivity index (χ0v) is 17.3. The number of nitrogens with two attached hydrogens (primary N) is 1. The maximum atomic E-state index is 12.8. The van der Waals surface area contributed by atoms with Gasteiger partial charge < -0.3 is 10.2 Å². The number of oxazole rings is 1. The van der Waals surface area contributed by atoms with Gasteiger partial charge in [-0.25, -0.2) is 26.8 Å². The first kappa shape index (κ1) is 20.9. The van der Waals surface area contributed by atoms with Gasteiger partial charge in [0.05, 0.1) is 22.5 Å². The molecule has 0 aliphatic carbocycles. The molecule has 2 aromatic carbocycles. The number of aromatic nitrogens is 5. The predicted molar refractivity (Wildman–Crippen MR) is 107 cm³/mol.